The average molecular weight is 332 g/mol. The number of hydrogen-bond donors (Lipinski definition) is 0. The number of benzene rings is 2. The summed E-state index contributed by atoms with van der Waals surface area (Å²) in [7, 11) is 0. The van der Waals surface area contributed by atoms with Gasteiger partial charge < -0.3 is 4.42 Å². The van der Waals surface area contributed by atoms with E-state index in [1.165, 1.54) is 0 Å². The van der Waals surface area contributed by atoms with Gasteiger partial charge in [0.1, 0.15) is 12.4 Å². The average Bonchev–Trinajstić information content (AvgIpc) is 3.06. The van der Waals surface area contributed by atoms with Gasteiger partial charge in [0.05, 0.1) is 17.3 Å². The fraction of sp³-hybridized carbons (Fsp3) is 0.158. The predicted octanol–water partition coefficient (Wildman–Crippen LogP) is 2.73. The number of para-hydroxylation sites is 1. The molecule has 0 fully saturated rings. The number of aryl methyl sites for hydroxylation is 1. The molecule has 0 unspecified atom stereocenters. The number of rotatable bonds is 4. The molecule has 0 N–H and O–H groups in total. The van der Waals surface area contributed by atoms with Gasteiger partial charge in [-0.15, -0.1) is 10.2 Å². The molecule has 2 heterocycles. The van der Waals surface area contributed by atoms with E-state index in [4.69, 9.17) is 4.42 Å². The lowest BCUT2D eigenvalue weighted by molar-refractivity contribution is 0.440. The highest BCUT2D eigenvalue weighted by molar-refractivity contribution is 5.77. The fourth-order valence-electron chi connectivity index (χ4n) is 2.79. The van der Waals surface area contributed by atoms with Crippen LogP contribution < -0.4 is 5.56 Å². The second kappa shape index (κ2) is 6.32. The summed E-state index contributed by atoms with van der Waals surface area (Å²) in [6, 6.07) is 17.2. The summed E-state index contributed by atoms with van der Waals surface area (Å²) in [5.74, 6) is 1.54. The second-order valence-corrected chi connectivity index (χ2v) is 5.82. The first-order chi connectivity index (χ1) is 12.2. The van der Waals surface area contributed by atoms with Gasteiger partial charge in [0, 0.05) is 0 Å². The van der Waals surface area contributed by atoms with Crippen LogP contribution >= 0.6 is 0 Å². The molecule has 0 aliphatic heterocycles. The molecule has 2 aromatic heterocycles. The van der Waals surface area contributed by atoms with Crippen LogP contribution in [0.5, 0.6) is 0 Å². The van der Waals surface area contributed by atoms with E-state index in [1.54, 1.807) is 17.6 Å². The van der Waals surface area contributed by atoms with Gasteiger partial charge in [-0.2, -0.15) is 0 Å². The zero-order valence-electron chi connectivity index (χ0n) is 13.7. The number of hydrogen-bond acceptors (Lipinski definition) is 5. The lowest BCUT2D eigenvalue weighted by atomic mass is 10.2. The standard InChI is InChI=1S/C19H16N4O2/c1-13-20-16-10-6-5-9-15(16)19(24)23(13)12-18-22-21-17(25-18)11-14-7-3-2-4-8-14/h2-10H,11-12H2,1H3. The van der Waals surface area contributed by atoms with Crippen molar-refractivity contribution in [2.75, 3.05) is 0 Å². The lowest BCUT2D eigenvalue weighted by Crippen LogP contribution is -2.24. The van der Waals surface area contributed by atoms with Crippen molar-refractivity contribution < 1.29 is 4.42 Å². The minimum atomic E-state index is -0.106. The Morgan fingerprint density at radius 3 is 2.52 bits per heavy atom. The Labute approximate surface area is 143 Å². The van der Waals surface area contributed by atoms with Crippen molar-refractivity contribution in [3.63, 3.8) is 0 Å². The van der Waals surface area contributed by atoms with Crippen LogP contribution in [-0.2, 0) is 13.0 Å². The summed E-state index contributed by atoms with van der Waals surface area (Å²) in [4.78, 5) is 17.2. The van der Waals surface area contributed by atoms with Gasteiger partial charge in [-0.05, 0) is 24.6 Å². The summed E-state index contributed by atoms with van der Waals surface area (Å²) in [6.07, 6.45) is 0.567. The van der Waals surface area contributed by atoms with Crippen molar-refractivity contribution in [1.82, 2.24) is 19.7 Å². The van der Waals surface area contributed by atoms with Crippen molar-refractivity contribution in [1.29, 1.82) is 0 Å². The summed E-state index contributed by atoms with van der Waals surface area (Å²) in [5, 5.41) is 8.72. The highest BCUT2D eigenvalue weighted by Crippen LogP contribution is 2.11. The molecule has 0 spiro atoms. The van der Waals surface area contributed by atoms with E-state index in [9.17, 15) is 4.79 Å². The molecule has 0 aliphatic rings. The van der Waals surface area contributed by atoms with Crippen LogP contribution in [0.25, 0.3) is 10.9 Å². The normalized spacial score (nSPS) is 11.1. The molecule has 6 nitrogen and oxygen atoms in total. The SMILES string of the molecule is Cc1nc2ccccc2c(=O)n1Cc1nnc(Cc2ccccc2)o1. The minimum absolute atomic E-state index is 0.106. The van der Waals surface area contributed by atoms with E-state index >= 15 is 0 Å². The summed E-state index contributed by atoms with van der Waals surface area (Å²) < 4.78 is 7.26. The zero-order chi connectivity index (χ0) is 17.2. The summed E-state index contributed by atoms with van der Waals surface area (Å²) >= 11 is 0. The van der Waals surface area contributed by atoms with Crippen molar-refractivity contribution in [2.24, 2.45) is 0 Å². The van der Waals surface area contributed by atoms with Crippen LogP contribution in [0.4, 0.5) is 0 Å². The first kappa shape index (κ1) is 15.3. The molecule has 0 aliphatic carbocycles. The third-order valence-electron chi connectivity index (χ3n) is 4.05. The first-order valence-electron chi connectivity index (χ1n) is 8.02. The van der Waals surface area contributed by atoms with Crippen LogP contribution in [0.2, 0.25) is 0 Å². The Hall–Kier alpha value is -3.28. The third kappa shape index (κ3) is 3.06. The fourth-order valence-corrected chi connectivity index (χ4v) is 2.79. The summed E-state index contributed by atoms with van der Waals surface area (Å²) in [6.45, 7) is 2.01. The first-order valence-corrected chi connectivity index (χ1v) is 8.02. The van der Waals surface area contributed by atoms with Crippen molar-refractivity contribution in [2.45, 2.75) is 19.9 Å². The van der Waals surface area contributed by atoms with Crippen LogP contribution in [-0.4, -0.2) is 19.7 Å². The largest absolute Gasteiger partial charge is 0.423 e. The maximum Gasteiger partial charge on any atom is 0.261 e. The van der Waals surface area contributed by atoms with Crippen LogP contribution in [0.1, 0.15) is 23.2 Å². The monoisotopic (exact) mass is 332 g/mol. The summed E-state index contributed by atoms with van der Waals surface area (Å²) in [5.41, 5.74) is 1.68. The lowest BCUT2D eigenvalue weighted by Gasteiger charge is -2.08. The van der Waals surface area contributed by atoms with Crippen molar-refractivity contribution in [3.05, 3.63) is 88.1 Å². The van der Waals surface area contributed by atoms with E-state index < -0.39 is 0 Å². The highest BCUT2D eigenvalue weighted by atomic mass is 16.4. The predicted molar refractivity (Wildman–Crippen MR) is 93.4 cm³/mol. The van der Waals surface area contributed by atoms with E-state index in [0.717, 1.165) is 5.56 Å². The molecule has 0 atom stereocenters. The van der Waals surface area contributed by atoms with Gasteiger partial charge >= 0.3 is 0 Å². The molecular formula is C19H16N4O2. The van der Waals surface area contributed by atoms with E-state index in [-0.39, 0.29) is 12.1 Å². The number of aromatic nitrogens is 4. The van der Waals surface area contributed by atoms with Gasteiger partial charge in [0.2, 0.25) is 11.8 Å². The molecule has 0 amide bonds. The minimum Gasteiger partial charge on any atom is -0.423 e. The topological polar surface area (TPSA) is 73.8 Å². The third-order valence-corrected chi connectivity index (χ3v) is 4.05. The molecule has 4 rings (SSSR count). The van der Waals surface area contributed by atoms with Gasteiger partial charge in [-0.25, -0.2) is 4.98 Å². The van der Waals surface area contributed by atoms with Gasteiger partial charge in [0.15, 0.2) is 0 Å². The highest BCUT2D eigenvalue weighted by Gasteiger charge is 2.12. The quantitative estimate of drug-likeness (QED) is 0.574. The maximum absolute atomic E-state index is 12.7. The van der Waals surface area contributed by atoms with Crippen molar-refractivity contribution in [3.8, 4) is 0 Å². The number of nitrogens with zero attached hydrogens (tertiary/aromatic N) is 4. The molecular weight excluding hydrogens is 316 g/mol. The molecule has 0 radical (unpaired) electrons. The second-order valence-electron chi connectivity index (χ2n) is 5.82. The van der Waals surface area contributed by atoms with E-state index in [0.29, 0.717) is 34.9 Å². The van der Waals surface area contributed by atoms with E-state index in [2.05, 4.69) is 15.2 Å². The van der Waals surface area contributed by atoms with Crippen molar-refractivity contribution >= 4 is 10.9 Å². The van der Waals surface area contributed by atoms with Crippen LogP contribution in [0.3, 0.4) is 0 Å². The Bertz CT molecular complexity index is 1080. The molecule has 2 aromatic carbocycles. The smallest absolute Gasteiger partial charge is 0.261 e. The molecule has 6 heteroatoms. The molecule has 25 heavy (non-hydrogen) atoms. The zero-order valence-corrected chi connectivity index (χ0v) is 13.7. The Morgan fingerprint density at radius 1 is 0.960 bits per heavy atom. The van der Waals surface area contributed by atoms with Gasteiger partial charge in [-0.3, -0.25) is 9.36 Å². The maximum atomic E-state index is 12.7. The van der Waals surface area contributed by atoms with E-state index in [1.807, 2.05) is 48.5 Å². The van der Waals surface area contributed by atoms with Gasteiger partial charge in [0.25, 0.3) is 5.56 Å². The molecule has 0 bridgehead atoms. The number of fused-ring (bicyclic) bond motifs is 1. The molecule has 0 saturated heterocycles. The molecule has 4 aromatic rings. The Kier molecular flexibility index (Phi) is 3.85. The van der Waals surface area contributed by atoms with Gasteiger partial charge in [-0.1, -0.05) is 42.5 Å². The Balaban J connectivity index is 1.63. The van der Waals surface area contributed by atoms with Crippen LogP contribution in [0.15, 0.2) is 63.8 Å². The Morgan fingerprint density at radius 2 is 1.68 bits per heavy atom. The van der Waals surface area contributed by atoms with Crippen LogP contribution in [0, 0.1) is 6.92 Å². The molecule has 0 saturated carbocycles. The molecule has 124 valence electrons.